The lowest BCUT2D eigenvalue weighted by Gasteiger charge is -2.10. The van der Waals surface area contributed by atoms with Crippen molar-refractivity contribution in [1.82, 2.24) is 9.80 Å². The van der Waals surface area contributed by atoms with Gasteiger partial charge in [-0.15, -0.1) is 0 Å². The lowest BCUT2D eigenvalue weighted by atomic mass is 10.1. The summed E-state index contributed by atoms with van der Waals surface area (Å²) in [6.45, 7) is 19.3. The molecule has 4 amide bonds. The monoisotopic (exact) mass is 646 g/mol. The molecule has 250 valence electrons. The van der Waals surface area contributed by atoms with Gasteiger partial charge in [0.2, 0.25) is 23.6 Å². The van der Waals surface area contributed by atoms with Crippen LogP contribution in [0.5, 0.6) is 0 Å². The van der Waals surface area contributed by atoms with Gasteiger partial charge in [0.05, 0.1) is 5.25 Å². The van der Waals surface area contributed by atoms with Gasteiger partial charge in [-0.3, -0.25) is 29.0 Å². The lowest BCUT2D eigenvalue weighted by molar-refractivity contribution is -0.140. The van der Waals surface area contributed by atoms with Crippen LogP contribution in [0.4, 0.5) is 0 Å². The summed E-state index contributed by atoms with van der Waals surface area (Å²) in [5.41, 5.74) is 8.07. The van der Waals surface area contributed by atoms with E-state index in [1.165, 1.54) is 54.9 Å². The van der Waals surface area contributed by atoms with Crippen LogP contribution >= 0.6 is 11.8 Å². The minimum absolute atomic E-state index is 0.00986. The molecule has 6 nitrogen and oxygen atoms in total. The van der Waals surface area contributed by atoms with Crippen LogP contribution < -0.4 is 0 Å². The Hall–Kier alpha value is -3.71. The number of imide groups is 2. The van der Waals surface area contributed by atoms with Crippen LogP contribution in [0, 0.1) is 47.5 Å². The van der Waals surface area contributed by atoms with Crippen molar-refractivity contribution in [2.45, 2.75) is 86.8 Å². The fourth-order valence-electron chi connectivity index (χ4n) is 4.68. The van der Waals surface area contributed by atoms with E-state index < -0.39 is 0 Å². The molecule has 2 aliphatic heterocycles. The molecular weight excluding hydrogens is 593 g/mol. The number of amides is 4. The Bertz CT molecular complexity index is 1300. The number of likely N-dealkylation sites (tertiary alicyclic amines) is 2. The number of hydrogen-bond donors (Lipinski definition) is 0. The van der Waals surface area contributed by atoms with Gasteiger partial charge in [0.1, 0.15) is 0 Å². The number of thioether (sulfide) groups is 1. The van der Waals surface area contributed by atoms with Crippen LogP contribution in [-0.4, -0.2) is 58.0 Å². The van der Waals surface area contributed by atoms with E-state index in [2.05, 4.69) is 114 Å². The Balaban J connectivity index is 0.000000290. The average molecular weight is 647 g/mol. The Morgan fingerprint density at radius 3 is 1.28 bits per heavy atom. The summed E-state index contributed by atoms with van der Waals surface area (Å²) in [4.78, 5) is 47.4. The van der Waals surface area contributed by atoms with Gasteiger partial charge in [0, 0.05) is 31.8 Å². The Labute approximate surface area is 282 Å². The van der Waals surface area contributed by atoms with E-state index in [0.29, 0.717) is 25.9 Å². The van der Waals surface area contributed by atoms with Gasteiger partial charge in [0.25, 0.3) is 0 Å². The summed E-state index contributed by atoms with van der Waals surface area (Å²) in [5, 5.41) is -0.123. The van der Waals surface area contributed by atoms with Crippen LogP contribution in [0.3, 0.4) is 0 Å². The maximum atomic E-state index is 11.3. The molecule has 0 N–H and O–H groups in total. The van der Waals surface area contributed by atoms with E-state index in [0.717, 1.165) is 6.42 Å². The second-order valence-electron chi connectivity index (χ2n) is 11.6. The smallest absolute Gasteiger partial charge is 0.242 e. The van der Waals surface area contributed by atoms with Gasteiger partial charge >= 0.3 is 0 Å². The molecule has 3 aromatic carbocycles. The van der Waals surface area contributed by atoms with E-state index in [9.17, 15) is 19.2 Å². The predicted octanol–water partition coefficient (Wildman–Crippen LogP) is 8.20. The molecule has 2 aliphatic rings. The van der Waals surface area contributed by atoms with E-state index in [1.807, 2.05) is 27.0 Å². The SMILES string of the molecule is CCC1CC(=O)N(CC)C1=O.CCN1C(=O)CC(SC)C1=O.Cc1ccc(C)cc1.Cc1cccc(C)c1.Cc1ccccc1C. The molecule has 7 heteroatoms. The van der Waals surface area contributed by atoms with E-state index in [4.69, 9.17) is 0 Å². The molecule has 5 rings (SSSR count). The molecule has 2 heterocycles. The molecule has 2 atom stereocenters. The zero-order chi connectivity index (χ0) is 34.8. The van der Waals surface area contributed by atoms with E-state index in [-0.39, 0.29) is 34.8 Å². The molecular formula is C39H54N2O4S. The quantitative estimate of drug-likeness (QED) is 0.267. The highest BCUT2D eigenvalue weighted by Gasteiger charge is 2.37. The van der Waals surface area contributed by atoms with Crippen LogP contribution in [0.1, 0.15) is 73.4 Å². The Morgan fingerprint density at radius 1 is 0.587 bits per heavy atom. The Morgan fingerprint density at radius 2 is 1.02 bits per heavy atom. The van der Waals surface area contributed by atoms with Crippen LogP contribution in [0.2, 0.25) is 0 Å². The fourth-order valence-corrected chi connectivity index (χ4v) is 5.32. The van der Waals surface area contributed by atoms with Gasteiger partial charge in [-0.25, -0.2) is 0 Å². The summed E-state index contributed by atoms with van der Waals surface area (Å²) < 4.78 is 0. The molecule has 0 aromatic heterocycles. The molecule has 46 heavy (non-hydrogen) atoms. The number of benzene rings is 3. The van der Waals surface area contributed by atoms with Crippen LogP contribution in [0.15, 0.2) is 72.8 Å². The first-order valence-electron chi connectivity index (χ1n) is 16.1. The summed E-state index contributed by atoms with van der Waals surface area (Å²) in [7, 11) is 0. The highest BCUT2D eigenvalue weighted by Crippen LogP contribution is 2.22. The average Bonchev–Trinajstić information content (AvgIpc) is 3.48. The normalized spacial score (nSPS) is 16.7. The highest BCUT2D eigenvalue weighted by atomic mass is 32.2. The number of hydrogen-bond acceptors (Lipinski definition) is 5. The largest absolute Gasteiger partial charge is 0.283 e. The van der Waals surface area contributed by atoms with Crippen molar-refractivity contribution >= 4 is 35.4 Å². The number of nitrogens with zero attached hydrogens (tertiary/aromatic N) is 2. The molecule has 2 unspecified atom stereocenters. The molecule has 2 fully saturated rings. The molecule has 0 radical (unpaired) electrons. The maximum Gasteiger partial charge on any atom is 0.242 e. The summed E-state index contributed by atoms with van der Waals surface area (Å²) in [6.07, 6.45) is 3.44. The topological polar surface area (TPSA) is 74.8 Å². The zero-order valence-electron chi connectivity index (χ0n) is 29.6. The first-order valence-corrected chi connectivity index (χ1v) is 17.4. The zero-order valence-corrected chi connectivity index (χ0v) is 30.4. The summed E-state index contributed by atoms with van der Waals surface area (Å²) in [5.74, 6) is -0.0892. The number of carbonyl (C=O) groups is 4. The Kier molecular flexibility index (Phi) is 18.5. The second-order valence-corrected chi connectivity index (χ2v) is 12.6. The van der Waals surface area contributed by atoms with Crippen molar-refractivity contribution < 1.29 is 19.2 Å². The van der Waals surface area contributed by atoms with Crippen LogP contribution in [0.25, 0.3) is 0 Å². The molecule has 2 saturated heterocycles. The van der Waals surface area contributed by atoms with Gasteiger partial charge < -0.3 is 0 Å². The maximum absolute atomic E-state index is 11.3. The van der Waals surface area contributed by atoms with Crippen molar-refractivity contribution in [1.29, 1.82) is 0 Å². The van der Waals surface area contributed by atoms with Crippen molar-refractivity contribution in [3.05, 3.63) is 106 Å². The molecule has 0 spiro atoms. The van der Waals surface area contributed by atoms with E-state index >= 15 is 0 Å². The summed E-state index contributed by atoms with van der Waals surface area (Å²) >= 11 is 1.45. The second kappa shape index (κ2) is 21.2. The van der Waals surface area contributed by atoms with Gasteiger partial charge in [-0.2, -0.15) is 11.8 Å². The minimum Gasteiger partial charge on any atom is -0.283 e. The van der Waals surface area contributed by atoms with Gasteiger partial charge in [0.15, 0.2) is 0 Å². The van der Waals surface area contributed by atoms with Crippen molar-refractivity contribution in [3.63, 3.8) is 0 Å². The standard InChI is InChI=1S/C8H13NO2.3C8H10.C7H11NO2S/c1-3-6-5-7(10)9(4-2)8(6)11;1-7-3-5-8(2)6-4-7;1-7-4-3-5-8(2)6-7;1-7-5-3-4-6-8(7)2;1-3-8-6(9)4-5(11-2)7(8)10/h6H,3-5H2,1-2H3;3*3-6H,1-2H3;5H,3-4H2,1-2H3. The first kappa shape index (κ1) is 40.3. The summed E-state index contributed by atoms with van der Waals surface area (Å²) in [6, 6.07) is 25.3. The van der Waals surface area contributed by atoms with E-state index in [1.54, 1.807) is 0 Å². The molecule has 0 bridgehead atoms. The lowest BCUT2D eigenvalue weighted by Crippen LogP contribution is -2.30. The van der Waals surface area contributed by atoms with Crippen molar-refractivity contribution in [2.75, 3.05) is 19.3 Å². The molecule has 0 saturated carbocycles. The van der Waals surface area contributed by atoms with Gasteiger partial charge in [-0.05, 0) is 79.2 Å². The molecule has 0 aliphatic carbocycles. The van der Waals surface area contributed by atoms with Crippen molar-refractivity contribution in [3.8, 4) is 0 Å². The predicted molar refractivity (Wildman–Crippen MR) is 193 cm³/mol. The number of aryl methyl sites for hydroxylation is 6. The van der Waals surface area contributed by atoms with Crippen LogP contribution in [-0.2, 0) is 19.2 Å². The third-order valence-electron chi connectivity index (χ3n) is 7.77. The highest BCUT2D eigenvalue weighted by molar-refractivity contribution is 8.00. The third kappa shape index (κ3) is 13.7. The number of rotatable bonds is 4. The number of carbonyl (C=O) groups excluding carboxylic acids is 4. The minimum atomic E-state index is -0.123. The third-order valence-corrected chi connectivity index (χ3v) is 8.70. The van der Waals surface area contributed by atoms with Gasteiger partial charge in [-0.1, -0.05) is 102 Å². The molecule has 3 aromatic rings. The first-order chi connectivity index (χ1) is 21.8. The fraction of sp³-hybridized carbons (Fsp3) is 0.436. The van der Waals surface area contributed by atoms with Crippen molar-refractivity contribution in [2.24, 2.45) is 5.92 Å².